The molecule has 9 heteroatoms. The van der Waals surface area contributed by atoms with E-state index >= 15 is 0 Å². The number of carbonyl (C=O) groups excluding carboxylic acids is 2. The van der Waals surface area contributed by atoms with Crippen LogP contribution in [0.25, 0.3) is 0 Å². The standard InChI is InChI=1S/2C5H11NO2S.Co/c2*1-9-3-2-4(6)5(7)8;/h2*4H,2-3,6H2,1H3,(H,7,8);/q;;+2/p-2/t2*4-;/m00./s1. The summed E-state index contributed by atoms with van der Waals surface area (Å²) >= 11 is 3.15. The SMILES string of the molecule is CSCC[C@H](N)C(=O)[O-].CSCC[C@H](N)C(=O)[O-].[Co+2]. The first-order valence-corrected chi connectivity index (χ1v) is 8.06. The Morgan fingerprint density at radius 1 is 0.947 bits per heavy atom. The molecule has 0 amide bonds. The zero-order valence-electron chi connectivity index (χ0n) is 10.9. The van der Waals surface area contributed by atoms with Crippen LogP contribution in [0, 0.1) is 0 Å². The maximum Gasteiger partial charge on any atom is 2.00 e. The first kappa shape index (κ1) is 24.1. The Labute approximate surface area is 132 Å². The number of aliphatic carboxylic acids is 2. The predicted octanol–water partition coefficient (Wildman–Crippen LogP) is -2.37. The maximum atomic E-state index is 9.96. The Kier molecular flexibility index (Phi) is 20.5. The van der Waals surface area contributed by atoms with Gasteiger partial charge in [-0.3, -0.25) is 0 Å². The first-order valence-electron chi connectivity index (χ1n) is 5.27. The predicted molar refractivity (Wildman–Crippen MR) is 72.0 cm³/mol. The van der Waals surface area contributed by atoms with Gasteiger partial charge in [-0.05, 0) is 36.9 Å². The summed E-state index contributed by atoms with van der Waals surface area (Å²) in [5.41, 5.74) is 10.3. The molecule has 0 rings (SSSR count). The van der Waals surface area contributed by atoms with Gasteiger partial charge in [0.1, 0.15) is 0 Å². The van der Waals surface area contributed by atoms with Crippen LogP contribution in [0.15, 0.2) is 0 Å². The maximum absolute atomic E-state index is 9.96. The van der Waals surface area contributed by atoms with Crippen molar-refractivity contribution in [2.75, 3.05) is 24.0 Å². The molecular weight excluding hydrogens is 335 g/mol. The molecule has 6 nitrogen and oxygen atoms in total. The molecule has 0 aliphatic heterocycles. The van der Waals surface area contributed by atoms with E-state index in [1.807, 2.05) is 12.5 Å². The molecule has 0 aliphatic carbocycles. The van der Waals surface area contributed by atoms with Crippen molar-refractivity contribution in [1.29, 1.82) is 0 Å². The summed E-state index contributed by atoms with van der Waals surface area (Å²) in [6, 6.07) is -1.59. The van der Waals surface area contributed by atoms with Crippen LogP contribution in [0.2, 0.25) is 0 Å². The minimum atomic E-state index is -1.16. The number of carbonyl (C=O) groups is 2. The van der Waals surface area contributed by atoms with E-state index in [0.29, 0.717) is 12.8 Å². The van der Waals surface area contributed by atoms with Crippen molar-refractivity contribution in [3.05, 3.63) is 0 Å². The summed E-state index contributed by atoms with van der Waals surface area (Å²) in [4.78, 5) is 19.9. The summed E-state index contributed by atoms with van der Waals surface area (Å²) in [6.45, 7) is 0. The van der Waals surface area contributed by atoms with Gasteiger partial charge in [0.2, 0.25) is 0 Å². The van der Waals surface area contributed by atoms with Crippen molar-refractivity contribution in [3.8, 4) is 0 Å². The van der Waals surface area contributed by atoms with Gasteiger partial charge in [0.15, 0.2) is 0 Å². The monoisotopic (exact) mass is 355 g/mol. The van der Waals surface area contributed by atoms with Crippen LogP contribution in [0.1, 0.15) is 12.8 Å². The second-order valence-electron chi connectivity index (χ2n) is 3.41. The topological polar surface area (TPSA) is 132 Å². The molecule has 115 valence electrons. The van der Waals surface area contributed by atoms with E-state index in [-0.39, 0.29) is 16.8 Å². The summed E-state index contributed by atoms with van der Waals surface area (Å²) in [5.74, 6) is -0.780. The van der Waals surface area contributed by atoms with Crippen molar-refractivity contribution in [2.24, 2.45) is 11.5 Å². The summed E-state index contributed by atoms with van der Waals surface area (Å²) in [7, 11) is 0. The normalized spacial score (nSPS) is 12.4. The van der Waals surface area contributed by atoms with Gasteiger partial charge in [-0.15, -0.1) is 0 Å². The Morgan fingerprint density at radius 2 is 1.21 bits per heavy atom. The van der Waals surface area contributed by atoms with Gasteiger partial charge < -0.3 is 31.3 Å². The molecule has 0 unspecified atom stereocenters. The second-order valence-corrected chi connectivity index (χ2v) is 5.39. The zero-order valence-corrected chi connectivity index (χ0v) is 13.6. The molecule has 0 heterocycles. The van der Waals surface area contributed by atoms with Gasteiger partial charge >= 0.3 is 16.8 Å². The van der Waals surface area contributed by atoms with Crippen LogP contribution in [0.5, 0.6) is 0 Å². The van der Waals surface area contributed by atoms with Crippen molar-refractivity contribution in [2.45, 2.75) is 24.9 Å². The van der Waals surface area contributed by atoms with E-state index in [1.54, 1.807) is 23.5 Å². The van der Waals surface area contributed by atoms with Gasteiger partial charge in [-0.1, -0.05) is 0 Å². The van der Waals surface area contributed by atoms with E-state index < -0.39 is 24.0 Å². The molecule has 0 saturated carbocycles. The van der Waals surface area contributed by atoms with Crippen molar-refractivity contribution < 1.29 is 36.6 Å². The number of rotatable bonds is 8. The van der Waals surface area contributed by atoms with E-state index in [4.69, 9.17) is 11.5 Å². The van der Waals surface area contributed by atoms with Crippen LogP contribution < -0.4 is 21.7 Å². The van der Waals surface area contributed by atoms with Crippen molar-refractivity contribution in [1.82, 2.24) is 0 Å². The molecule has 0 aromatic heterocycles. The number of thioether (sulfide) groups is 2. The molecule has 4 N–H and O–H groups in total. The molecule has 0 saturated heterocycles. The van der Waals surface area contributed by atoms with E-state index in [9.17, 15) is 19.8 Å². The van der Waals surface area contributed by atoms with Gasteiger partial charge in [0.05, 0.1) is 11.9 Å². The summed E-state index contributed by atoms with van der Waals surface area (Å²) in [5, 5.41) is 19.9. The number of carboxylic acid groups (broad SMARTS) is 2. The third-order valence-electron chi connectivity index (χ3n) is 1.87. The van der Waals surface area contributed by atoms with Gasteiger partial charge in [-0.2, -0.15) is 23.5 Å². The Balaban J connectivity index is -0.000000256. The Morgan fingerprint density at radius 3 is 1.37 bits per heavy atom. The van der Waals surface area contributed by atoms with Crippen molar-refractivity contribution >= 4 is 35.5 Å². The molecule has 19 heavy (non-hydrogen) atoms. The third kappa shape index (κ3) is 18.1. The second kappa shape index (κ2) is 16.1. The van der Waals surface area contributed by atoms with Crippen molar-refractivity contribution in [3.63, 3.8) is 0 Å². The number of hydrogen-bond acceptors (Lipinski definition) is 8. The average Bonchev–Trinajstić information content (AvgIpc) is 2.33. The summed E-state index contributed by atoms with van der Waals surface area (Å²) in [6.07, 6.45) is 4.79. The number of carboxylic acids is 2. The molecule has 1 radical (unpaired) electrons. The zero-order chi connectivity index (χ0) is 14.6. The smallest absolute Gasteiger partial charge is 0.548 e. The van der Waals surface area contributed by atoms with Gasteiger partial charge in [0, 0.05) is 12.1 Å². The van der Waals surface area contributed by atoms with Gasteiger partial charge in [-0.25, -0.2) is 0 Å². The first-order chi connectivity index (χ1) is 8.36. The van der Waals surface area contributed by atoms with Gasteiger partial charge in [0.25, 0.3) is 0 Å². The minimum absolute atomic E-state index is 0. The largest absolute Gasteiger partial charge is 2.00 e. The van der Waals surface area contributed by atoms with Crippen LogP contribution >= 0.6 is 23.5 Å². The molecule has 0 aromatic rings. The Hall–Kier alpha value is 0.0665. The fourth-order valence-electron chi connectivity index (χ4n) is 0.725. The van der Waals surface area contributed by atoms with Crippen LogP contribution in [-0.2, 0) is 26.4 Å². The van der Waals surface area contributed by atoms with E-state index in [1.165, 1.54) is 0 Å². The number of nitrogens with two attached hydrogens (primary N) is 2. The molecule has 2 atom stereocenters. The minimum Gasteiger partial charge on any atom is -0.548 e. The quantitative estimate of drug-likeness (QED) is 0.494. The van der Waals surface area contributed by atoms with Crippen LogP contribution in [0.4, 0.5) is 0 Å². The molecule has 0 spiro atoms. The average molecular weight is 355 g/mol. The fraction of sp³-hybridized carbons (Fsp3) is 0.800. The van der Waals surface area contributed by atoms with E-state index in [2.05, 4.69) is 0 Å². The molecule has 0 fully saturated rings. The summed E-state index contributed by atoms with van der Waals surface area (Å²) < 4.78 is 0. The molecular formula is C10H20CoN2O4S2. The fourth-order valence-corrected chi connectivity index (χ4v) is 1.70. The number of hydrogen-bond donors (Lipinski definition) is 2. The molecule has 0 bridgehead atoms. The molecule has 0 aliphatic rings. The van der Waals surface area contributed by atoms with Crippen LogP contribution in [0.3, 0.4) is 0 Å². The Bertz CT molecular complexity index is 224. The van der Waals surface area contributed by atoms with E-state index in [0.717, 1.165) is 11.5 Å². The molecule has 0 aromatic carbocycles. The third-order valence-corrected chi connectivity index (χ3v) is 3.16. The van der Waals surface area contributed by atoms with Crippen LogP contribution in [-0.4, -0.2) is 48.0 Å².